The minimum atomic E-state index is 0. The Balaban J connectivity index is 0.00000225. The predicted octanol–water partition coefficient (Wildman–Crippen LogP) is 3.50. The molecule has 1 aliphatic carbocycles. The molecular formula is C19H32IN5. The molecule has 25 heavy (non-hydrogen) atoms. The first-order chi connectivity index (χ1) is 11.6. The first-order valence-electron chi connectivity index (χ1n) is 9.27. The first kappa shape index (κ1) is 20.3. The highest BCUT2D eigenvalue weighted by molar-refractivity contribution is 14.0. The van der Waals surface area contributed by atoms with Crippen LogP contribution in [0.2, 0.25) is 0 Å². The van der Waals surface area contributed by atoms with Crippen molar-refractivity contribution in [1.29, 1.82) is 0 Å². The van der Waals surface area contributed by atoms with E-state index < -0.39 is 0 Å². The molecule has 5 nitrogen and oxygen atoms in total. The molecule has 140 valence electrons. The van der Waals surface area contributed by atoms with Crippen LogP contribution in [0.25, 0.3) is 0 Å². The van der Waals surface area contributed by atoms with Gasteiger partial charge in [0.2, 0.25) is 0 Å². The van der Waals surface area contributed by atoms with Crippen LogP contribution in [0.4, 0.5) is 5.82 Å². The highest BCUT2D eigenvalue weighted by Crippen LogP contribution is 2.45. The predicted molar refractivity (Wildman–Crippen MR) is 116 cm³/mol. The van der Waals surface area contributed by atoms with E-state index >= 15 is 0 Å². The monoisotopic (exact) mass is 457 g/mol. The van der Waals surface area contributed by atoms with E-state index in [9.17, 15) is 0 Å². The number of nitrogens with zero attached hydrogens (tertiary/aromatic N) is 4. The quantitative estimate of drug-likeness (QED) is 0.427. The van der Waals surface area contributed by atoms with Gasteiger partial charge in [0.15, 0.2) is 5.96 Å². The minimum Gasteiger partial charge on any atom is -0.363 e. The second kappa shape index (κ2) is 9.05. The molecule has 6 heteroatoms. The zero-order valence-electron chi connectivity index (χ0n) is 15.8. The number of anilines is 1. The molecule has 0 unspecified atom stereocenters. The zero-order chi connectivity index (χ0) is 17.0. The number of hydrogen-bond acceptors (Lipinski definition) is 3. The molecule has 1 saturated heterocycles. The van der Waals surface area contributed by atoms with Crippen molar-refractivity contribution in [3.05, 3.63) is 23.9 Å². The van der Waals surface area contributed by atoms with E-state index in [1.165, 1.54) is 44.2 Å². The molecule has 0 aromatic carbocycles. The Morgan fingerprint density at radius 2 is 2.08 bits per heavy atom. The van der Waals surface area contributed by atoms with Crippen molar-refractivity contribution < 1.29 is 0 Å². The van der Waals surface area contributed by atoms with E-state index in [2.05, 4.69) is 34.3 Å². The van der Waals surface area contributed by atoms with Crippen LogP contribution < -0.4 is 10.2 Å². The summed E-state index contributed by atoms with van der Waals surface area (Å²) in [5.41, 5.74) is 1.78. The summed E-state index contributed by atoms with van der Waals surface area (Å²) in [7, 11) is 4.04. The largest absolute Gasteiger partial charge is 0.363 e. The molecule has 1 N–H and O–H groups in total. The van der Waals surface area contributed by atoms with Crippen LogP contribution in [0.5, 0.6) is 0 Å². The van der Waals surface area contributed by atoms with Crippen molar-refractivity contribution in [3.8, 4) is 0 Å². The van der Waals surface area contributed by atoms with Gasteiger partial charge in [0.1, 0.15) is 5.82 Å². The van der Waals surface area contributed by atoms with E-state index in [1.807, 2.05) is 25.2 Å². The molecular weight excluding hydrogens is 425 g/mol. The van der Waals surface area contributed by atoms with Gasteiger partial charge in [-0.15, -0.1) is 24.0 Å². The topological polar surface area (TPSA) is 43.8 Å². The second-order valence-electron chi connectivity index (χ2n) is 7.47. The van der Waals surface area contributed by atoms with Crippen molar-refractivity contribution in [2.45, 2.75) is 45.6 Å². The van der Waals surface area contributed by atoms with Crippen LogP contribution in [0, 0.1) is 5.41 Å². The van der Waals surface area contributed by atoms with Crippen LogP contribution in [0.3, 0.4) is 0 Å². The van der Waals surface area contributed by atoms with E-state index in [1.54, 1.807) is 0 Å². The lowest BCUT2D eigenvalue weighted by Gasteiger charge is -2.26. The molecule has 1 aromatic rings. The maximum Gasteiger partial charge on any atom is 0.194 e. The lowest BCUT2D eigenvalue weighted by Crippen LogP contribution is -2.41. The van der Waals surface area contributed by atoms with Gasteiger partial charge < -0.3 is 15.1 Å². The Bertz CT molecular complexity index is 581. The number of nitrogens with one attached hydrogen (secondary N) is 1. The normalized spacial score (nSPS) is 19.2. The summed E-state index contributed by atoms with van der Waals surface area (Å²) in [5, 5.41) is 3.49. The van der Waals surface area contributed by atoms with Gasteiger partial charge in [0.05, 0.1) is 6.54 Å². The summed E-state index contributed by atoms with van der Waals surface area (Å²) in [4.78, 5) is 13.8. The first-order valence-corrected chi connectivity index (χ1v) is 9.27. The molecule has 2 fully saturated rings. The maximum atomic E-state index is 4.91. The van der Waals surface area contributed by atoms with Crippen molar-refractivity contribution in [2.24, 2.45) is 10.4 Å². The van der Waals surface area contributed by atoms with Gasteiger partial charge in [0, 0.05) is 39.9 Å². The SMILES string of the molecule is CCNC(=NCc1ccnc(N(C)C)c1)N1CCC2(CCCC2)C1.I. The summed E-state index contributed by atoms with van der Waals surface area (Å²) in [6.45, 7) is 6.09. The van der Waals surface area contributed by atoms with Gasteiger partial charge in [0.25, 0.3) is 0 Å². The molecule has 2 heterocycles. The third kappa shape index (κ3) is 4.99. The van der Waals surface area contributed by atoms with Crippen LogP contribution in [0.15, 0.2) is 23.3 Å². The van der Waals surface area contributed by atoms with Crippen molar-refractivity contribution >= 4 is 35.8 Å². The van der Waals surface area contributed by atoms with E-state index in [0.717, 1.165) is 24.9 Å². The lowest BCUT2D eigenvalue weighted by molar-refractivity contribution is 0.309. The molecule has 1 saturated carbocycles. The standard InChI is InChI=1S/C19H31N5.HI/c1-4-20-18(24-12-10-19(15-24)8-5-6-9-19)22-14-16-7-11-21-17(13-16)23(2)3;/h7,11,13H,4-6,8-10,12,14-15H2,1-3H3,(H,20,22);1H. The van der Waals surface area contributed by atoms with E-state index in [0.29, 0.717) is 12.0 Å². The Labute approximate surface area is 169 Å². The Hall–Kier alpha value is -1.05. The number of likely N-dealkylation sites (tertiary alicyclic amines) is 1. The van der Waals surface area contributed by atoms with Crippen molar-refractivity contribution in [2.75, 3.05) is 38.6 Å². The fourth-order valence-corrected chi connectivity index (χ4v) is 4.04. The number of pyridine rings is 1. The summed E-state index contributed by atoms with van der Waals surface area (Å²) in [6, 6.07) is 4.18. The average Bonchev–Trinajstić information content (AvgIpc) is 3.22. The Kier molecular flexibility index (Phi) is 7.34. The van der Waals surface area contributed by atoms with Crippen molar-refractivity contribution in [3.63, 3.8) is 0 Å². The number of hydrogen-bond donors (Lipinski definition) is 1. The van der Waals surface area contributed by atoms with Gasteiger partial charge >= 0.3 is 0 Å². The summed E-state index contributed by atoms with van der Waals surface area (Å²) in [6.07, 6.45) is 8.82. The summed E-state index contributed by atoms with van der Waals surface area (Å²) >= 11 is 0. The average molecular weight is 457 g/mol. The van der Waals surface area contributed by atoms with E-state index in [4.69, 9.17) is 4.99 Å². The smallest absolute Gasteiger partial charge is 0.194 e. The fourth-order valence-electron chi connectivity index (χ4n) is 4.04. The molecule has 0 atom stereocenters. The maximum absolute atomic E-state index is 4.91. The molecule has 3 rings (SSSR count). The molecule has 1 spiro atoms. The number of aromatic nitrogens is 1. The molecule has 0 radical (unpaired) electrons. The lowest BCUT2D eigenvalue weighted by atomic mass is 9.86. The van der Waals surface area contributed by atoms with Crippen LogP contribution in [-0.2, 0) is 6.54 Å². The molecule has 2 aliphatic rings. The van der Waals surface area contributed by atoms with Gasteiger partial charge in [-0.3, -0.25) is 0 Å². The number of aliphatic imine (C=N–C) groups is 1. The second-order valence-corrected chi connectivity index (χ2v) is 7.47. The van der Waals surface area contributed by atoms with Crippen LogP contribution >= 0.6 is 24.0 Å². The highest BCUT2D eigenvalue weighted by Gasteiger charge is 2.41. The molecule has 1 aromatic heterocycles. The third-order valence-corrected chi connectivity index (χ3v) is 5.42. The third-order valence-electron chi connectivity index (χ3n) is 5.42. The van der Waals surface area contributed by atoms with Gasteiger partial charge in [-0.25, -0.2) is 9.98 Å². The highest BCUT2D eigenvalue weighted by atomic mass is 127. The fraction of sp³-hybridized carbons (Fsp3) is 0.684. The van der Waals surface area contributed by atoms with E-state index in [-0.39, 0.29) is 24.0 Å². The summed E-state index contributed by atoms with van der Waals surface area (Å²) < 4.78 is 0. The molecule has 1 aliphatic heterocycles. The Morgan fingerprint density at radius 1 is 1.32 bits per heavy atom. The van der Waals surface area contributed by atoms with Gasteiger partial charge in [-0.1, -0.05) is 12.8 Å². The number of guanidine groups is 1. The van der Waals surface area contributed by atoms with Crippen LogP contribution in [-0.4, -0.2) is 49.6 Å². The Morgan fingerprint density at radius 3 is 2.76 bits per heavy atom. The molecule has 0 amide bonds. The van der Waals surface area contributed by atoms with Gasteiger partial charge in [-0.2, -0.15) is 0 Å². The summed E-state index contributed by atoms with van der Waals surface area (Å²) in [5.74, 6) is 2.06. The zero-order valence-corrected chi connectivity index (χ0v) is 18.1. The number of rotatable bonds is 4. The number of halogens is 1. The van der Waals surface area contributed by atoms with Gasteiger partial charge in [-0.05, 0) is 49.3 Å². The van der Waals surface area contributed by atoms with Crippen LogP contribution in [0.1, 0.15) is 44.6 Å². The molecule has 0 bridgehead atoms. The minimum absolute atomic E-state index is 0. The van der Waals surface area contributed by atoms with Crippen molar-refractivity contribution in [1.82, 2.24) is 15.2 Å².